The highest BCUT2D eigenvalue weighted by molar-refractivity contribution is 9.10. The molecule has 114 valence electrons. The molecule has 3 nitrogen and oxygen atoms in total. The van der Waals surface area contributed by atoms with Crippen molar-refractivity contribution in [3.05, 3.63) is 64.4 Å². The summed E-state index contributed by atoms with van der Waals surface area (Å²) in [6, 6.07) is 15.1. The molecular weight excluding hydrogens is 345 g/mol. The Kier molecular flexibility index (Phi) is 4.73. The van der Waals surface area contributed by atoms with E-state index in [0.717, 1.165) is 29.6 Å². The highest BCUT2D eigenvalue weighted by Crippen LogP contribution is 2.22. The third kappa shape index (κ3) is 3.47. The summed E-state index contributed by atoms with van der Waals surface area (Å²) in [6.45, 7) is 0.522. The number of anilines is 1. The van der Waals surface area contributed by atoms with Crippen LogP contribution in [0.5, 0.6) is 0 Å². The van der Waals surface area contributed by atoms with Crippen molar-refractivity contribution in [3.63, 3.8) is 0 Å². The number of hydrazone groups is 1. The maximum atomic E-state index is 13.9. The van der Waals surface area contributed by atoms with Crippen molar-refractivity contribution >= 4 is 27.5 Å². The predicted octanol–water partition coefficient (Wildman–Crippen LogP) is 4.29. The minimum absolute atomic E-state index is 0.216. The van der Waals surface area contributed by atoms with Gasteiger partial charge in [-0.05, 0) is 42.7 Å². The number of rotatable bonds is 5. The van der Waals surface area contributed by atoms with Crippen LogP contribution in [-0.4, -0.2) is 12.5 Å². The average Bonchev–Trinajstić information content (AvgIpc) is 2.98. The molecule has 0 atom stereocenters. The first-order valence-corrected chi connectivity index (χ1v) is 8.09. The summed E-state index contributed by atoms with van der Waals surface area (Å²) in [5.74, 6) is 0.675. The zero-order chi connectivity index (χ0) is 15.4. The molecule has 3 rings (SSSR count). The fourth-order valence-electron chi connectivity index (χ4n) is 2.54. The number of benzene rings is 2. The lowest BCUT2D eigenvalue weighted by atomic mass is 10.1. The van der Waals surface area contributed by atoms with Gasteiger partial charge in [0.2, 0.25) is 0 Å². The molecule has 0 amide bonds. The van der Waals surface area contributed by atoms with E-state index in [9.17, 15) is 4.39 Å². The summed E-state index contributed by atoms with van der Waals surface area (Å²) < 4.78 is 15.0. The van der Waals surface area contributed by atoms with Gasteiger partial charge in [-0.15, -0.1) is 0 Å². The van der Waals surface area contributed by atoms with Crippen LogP contribution in [0.1, 0.15) is 18.4 Å². The molecule has 1 heterocycles. The molecule has 1 aliphatic rings. The lowest BCUT2D eigenvalue weighted by Crippen LogP contribution is -2.30. The maximum absolute atomic E-state index is 13.9. The van der Waals surface area contributed by atoms with Crippen LogP contribution < -0.4 is 10.3 Å². The van der Waals surface area contributed by atoms with Crippen molar-refractivity contribution in [2.75, 3.05) is 11.6 Å². The number of nitrogens with one attached hydrogen (secondary N) is 1. The first kappa shape index (κ1) is 15.0. The van der Waals surface area contributed by atoms with Crippen LogP contribution in [0.4, 0.5) is 10.1 Å². The van der Waals surface area contributed by atoms with Gasteiger partial charge in [0.15, 0.2) is 0 Å². The molecule has 0 saturated heterocycles. The van der Waals surface area contributed by atoms with Crippen molar-refractivity contribution in [3.8, 4) is 0 Å². The Morgan fingerprint density at radius 1 is 1.09 bits per heavy atom. The van der Waals surface area contributed by atoms with Crippen LogP contribution in [0.2, 0.25) is 0 Å². The number of amidine groups is 1. The van der Waals surface area contributed by atoms with Gasteiger partial charge in [0.25, 0.3) is 0 Å². The molecular formula is C17H17BrFN3. The van der Waals surface area contributed by atoms with Gasteiger partial charge in [0, 0.05) is 10.9 Å². The summed E-state index contributed by atoms with van der Waals surface area (Å²) >= 11 is 3.44. The van der Waals surface area contributed by atoms with E-state index < -0.39 is 0 Å². The first-order valence-electron chi connectivity index (χ1n) is 7.30. The second-order valence-corrected chi connectivity index (χ2v) is 6.12. The summed E-state index contributed by atoms with van der Waals surface area (Å²) in [6.07, 6.45) is 2.78. The van der Waals surface area contributed by atoms with Crippen LogP contribution in [0.25, 0.3) is 0 Å². The fourth-order valence-corrected chi connectivity index (χ4v) is 2.80. The van der Waals surface area contributed by atoms with Crippen LogP contribution in [0.3, 0.4) is 0 Å². The molecule has 5 heteroatoms. The molecule has 0 radical (unpaired) electrons. The van der Waals surface area contributed by atoms with E-state index in [1.807, 2.05) is 11.0 Å². The van der Waals surface area contributed by atoms with E-state index >= 15 is 0 Å². The molecule has 0 unspecified atom stereocenters. The minimum atomic E-state index is -0.216. The Balaban J connectivity index is 1.60. The van der Waals surface area contributed by atoms with Gasteiger partial charge in [-0.2, -0.15) is 5.10 Å². The molecule has 0 aliphatic carbocycles. The van der Waals surface area contributed by atoms with Crippen molar-refractivity contribution in [2.24, 2.45) is 5.10 Å². The maximum Gasteiger partial charge on any atom is 0.146 e. The van der Waals surface area contributed by atoms with Gasteiger partial charge in [0.1, 0.15) is 18.3 Å². The van der Waals surface area contributed by atoms with E-state index in [-0.39, 0.29) is 5.82 Å². The van der Waals surface area contributed by atoms with E-state index in [1.165, 1.54) is 11.6 Å². The van der Waals surface area contributed by atoms with E-state index in [4.69, 9.17) is 0 Å². The largest absolute Gasteiger partial charge is 0.306 e. The second-order valence-electron chi connectivity index (χ2n) is 5.20. The van der Waals surface area contributed by atoms with Crippen LogP contribution in [0.15, 0.2) is 58.1 Å². The zero-order valence-corrected chi connectivity index (χ0v) is 13.7. The summed E-state index contributed by atoms with van der Waals surface area (Å²) in [4.78, 5) is 1.90. The van der Waals surface area contributed by atoms with E-state index in [2.05, 4.69) is 50.7 Å². The summed E-state index contributed by atoms with van der Waals surface area (Å²) in [5, 5.41) is 4.30. The van der Waals surface area contributed by atoms with E-state index in [0.29, 0.717) is 12.4 Å². The Hall–Kier alpha value is -1.88. The monoisotopic (exact) mass is 361 g/mol. The van der Waals surface area contributed by atoms with Crippen molar-refractivity contribution in [1.29, 1.82) is 0 Å². The standard InChI is InChI=1S/C17H17BrFN3/c18-14-10-8-13(9-11-14)4-3-7-17-21-20-12-22(17)16-6-2-1-5-15(16)19/h1-2,5-6,8-11,20H,3-4,7,12H2. The zero-order valence-electron chi connectivity index (χ0n) is 12.1. The molecule has 0 saturated carbocycles. The molecule has 0 bridgehead atoms. The molecule has 0 spiro atoms. The highest BCUT2D eigenvalue weighted by atomic mass is 79.9. The van der Waals surface area contributed by atoms with E-state index in [1.54, 1.807) is 12.1 Å². The topological polar surface area (TPSA) is 27.6 Å². The molecule has 0 aromatic heterocycles. The average molecular weight is 362 g/mol. The van der Waals surface area contributed by atoms with Gasteiger partial charge in [-0.25, -0.2) is 4.39 Å². The fraction of sp³-hybridized carbons (Fsp3) is 0.235. The summed E-state index contributed by atoms with van der Waals surface area (Å²) in [7, 11) is 0. The third-order valence-electron chi connectivity index (χ3n) is 3.67. The third-order valence-corrected chi connectivity index (χ3v) is 4.20. The Bertz CT molecular complexity index is 670. The van der Waals surface area contributed by atoms with Crippen molar-refractivity contribution < 1.29 is 4.39 Å². The normalized spacial score (nSPS) is 13.9. The summed E-state index contributed by atoms with van der Waals surface area (Å²) in [5.41, 5.74) is 4.82. The number of halogens is 2. The second kappa shape index (κ2) is 6.92. The Morgan fingerprint density at radius 3 is 2.64 bits per heavy atom. The van der Waals surface area contributed by atoms with Gasteiger partial charge >= 0.3 is 0 Å². The lowest BCUT2D eigenvalue weighted by molar-refractivity contribution is 0.624. The smallest absolute Gasteiger partial charge is 0.146 e. The minimum Gasteiger partial charge on any atom is -0.306 e. The molecule has 0 fully saturated rings. The number of para-hydroxylation sites is 1. The van der Waals surface area contributed by atoms with Crippen molar-refractivity contribution in [2.45, 2.75) is 19.3 Å². The SMILES string of the molecule is Fc1ccccc1N1CNN=C1CCCc1ccc(Br)cc1. The molecule has 1 N–H and O–H groups in total. The molecule has 2 aromatic rings. The van der Waals surface area contributed by atoms with Crippen LogP contribution in [-0.2, 0) is 6.42 Å². The molecule has 22 heavy (non-hydrogen) atoms. The quantitative estimate of drug-likeness (QED) is 0.859. The predicted molar refractivity (Wildman–Crippen MR) is 91.4 cm³/mol. The molecule has 2 aromatic carbocycles. The molecule has 1 aliphatic heterocycles. The number of hydrogen-bond acceptors (Lipinski definition) is 3. The van der Waals surface area contributed by atoms with Crippen molar-refractivity contribution in [1.82, 2.24) is 5.43 Å². The number of nitrogens with zero attached hydrogens (tertiary/aromatic N) is 2. The van der Waals surface area contributed by atoms with Gasteiger partial charge < -0.3 is 4.90 Å². The van der Waals surface area contributed by atoms with Gasteiger partial charge in [0.05, 0.1) is 5.69 Å². The van der Waals surface area contributed by atoms with Crippen LogP contribution in [0, 0.1) is 5.82 Å². The van der Waals surface area contributed by atoms with Crippen LogP contribution >= 0.6 is 15.9 Å². The highest BCUT2D eigenvalue weighted by Gasteiger charge is 2.20. The lowest BCUT2D eigenvalue weighted by Gasteiger charge is -2.19. The van der Waals surface area contributed by atoms with Gasteiger partial charge in [-0.3, -0.25) is 5.43 Å². The Labute approximate surface area is 138 Å². The van der Waals surface area contributed by atoms with Gasteiger partial charge in [-0.1, -0.05) is 40.2 Å². The first-order chi connectivity index (χ1) is 10.7. The number of aryl methyl sites for hydroxylation is 1. The Morgan fingerprint density at radius 2 is 1.86 bits per heavy atom. The number of hydrogen-bond donors (Lipinski definition) is 1.